The van der Waals surface area contributed by atoms with Crippen molar-refractivity contribution in [3.05, 3.63) is 34.9 Å². The fourth-order valence-corrected chi connectivity index (χ4v) is 3.64. The molecule has 23 heavy (non-hydrogen) atoms. The summed E-state index contributed by atoms with van der Waals surface area (Å²) in [5.74, 6) is -1.39. The normalized spacial score (nSPS) is 30.6. The Morgan fingerprint density at radius 2 is 2.00 bits per heavy atom. The van der Waals surface area contributed by atoms with E-state index in [2.05, 4.69) is 10.9 Å². The Labute approximate surface area is 139 Å². The molecule has 0 aromatic heterocycles. The molecule has 0 saturated carbocycles. The van der Waals surface area contributed by atoms with Crippen LogP contribution in [0.15, 0.2) is 24.3 Å². The molecule has 7 heteroatoms. The molecule has 2 unspecified atom stereocenters. The highest BCUT2D eigenvalue weighted by Crippen LogP contribution is 2.30. The number of carbonyl (C=O) groups excluding carboxylic acids is 1. The van der Waals surface area contributed by atoms with Gasteiger partial charge in [-0.05, 0) is 24.0 Å². The van der Waals surface area contributed by atoms with Crippen LogP contribution < -0.4 is 10.9 Å². The van der Waals surface area contributed by atoms with Crippen molar-refractivity contribution in [2.45, 2.75) is 25.4 Å². The summed E-state index contributed by atoms with van der Waals surface area (Å²) in [5.41, 5.74) is 7.09. The maximum absolute atomic E-state index is 12.6. The van der Waals surface area contributed by atoms with Gasteiger partial charge in [-0.3, -0.25) is 9.59 Å². The number of nitrogens with zero attached hydrogens (tertiary/aromatic N) is 1. The fraction of sp³-hybridized carbons (Fsp3) is 0.500. The third kappa shape index (κ3) is 3.20. The van der Waals surface area contributed by atoms with Gasteiger partial charge in [-0.2, -0.15) is 0 Å². The molecule has 3 N–H and O–H groups in total. The number of carboxylic acids is 1. The Hall–Kier alpha value is -1.63. The number of halogens is 1. The predicted molar refractivity (Wildman–Crippen MR) is 85.7 cm³/mol. The first-order chi connectivity index (χ1) is 11.0. The highest BCUT2D eigenvalue weighted by atomic mass is 35.5. The largest absolute Gasteiger partial charge is 0.481 e. The molecule has 0 bridgehead atoms. The van der Waals surface area contributed by atoms with E-state index in [1.54, 1.807) is 4.90 Å². The number of carboxylic acid groups (broad SMARTS) is 1. The molecule has 2 heterocycles. The first-order valence-corrected chi connectivity index (χ1v) is 8.12. The number of aliphatic carboxylic acids is 1. The Kier molecular flexibility index (Phi) is 4.57. The number of hydrogen-bond donors (Lipinski definition) is 3. The molecule has 1 aromatic rings. The lowest BCUT2D eigenvalue weighted by molar-refractivity contribution is -0.142. The van der Waals surface area contributed by atoms with Crippen LogP contribution in [-0.4, -0.2) is 41.0 Å². The predicted octanol–water partition coefficient (Wildman–Crippen LogP) is 1.43. The van der Waals surface area contributed by atoms with Crippen LogP contribution >= 0.6 is 11.6 Å². The third-order valence-corrected chi connectivity index (χ3v) is 5.07. The van der Waals surface area contributed by atoms with E-state index < -0.39 is 11.9 Å². The number of hydrogen-bond acceptors (Lipinski definition) is 4. The molecule has 0 spiro atoms. The number of rotatable bonds is 3. The van der Waals surface area contributed by atoms with E-state index in [4.69, 9.17) is 11.6 Å². The summed E-state index contributed by atoms with van der Waals surface area (Å²) in [7, 11) is 0. The highest BCUT2D eigenvalue weighted by molar-refractivity contribution is 6.31. The zero-order chi connectivity index (χ0) is 16.6. The van der Waals surface area contributed by atoms with Crippen LogP contribution in [0.1, 0.15) is 24.9 Å². The molecule has 2 saturated heterocycles. The zero-order valence-corrected chi connectivity index (χ0v) is 13.6. The number of amides is 1. The van der Waals surface area contributed by atoms with E-state index in [1.165, 1.54) is 0 Å². The van der Waals surface area contributed by atoms with Gasteiger partial charge in [-0.25, -0.2) is 10.9 Å². The van der Waals surface area contributed by atoms with E-state index in [0.29, 0.717) is 18.0 Å². The summed E-state index contributed by atoms with van der Waals surface area (Å²) in [6.07, 6.45) is 0.588. The van der Waals surface area contributed by atoms with Crippen LogP contribution in [0.4, 0.5) is 0 Å². The molecular weight excluding hydrogens is 318 g/mol. The second-order valence-electron chi connectivity index (χ2n) is 6.32. The van der Waals surface area contributed by atoms with Crippen molar-refractivity contribution in [1.29, 1.82) is 0 Å². The van der Waals surface area contributed by atoms with E-state index in [-0.39, 0.29) is 30.5 Å². The quantitative estimate of drug-likeness (QED) is 0.777. The van der Waals surface area contributed by atoms with Crippen molar-refractivity contribution in [3.8, 4) is 0 Å². The molecule has 124 valence electrons. The summed E-state index contributed by atoms with van der Waals surface area (Å²) in [6.45, 7) is 2.65. The minimum Gasteiger partial charge on any atom is -0.481 e. The summed E-state index contributed by atoms with van der Waals surface area (Å²) < 4.78 is 0. The van der Waals surface area contributed by atoms with Gasteiger partial charge in [0.15, 0.2) is 0 Å². The third-order valence-electron chi connectivity index (χ3n) is 4.72. The Bertz CT molecular complexity index is 624. The number of carbonyl (C=O) groups is 2. The van der Waals surface area contributed by atoms with Crippen LogP contribution in [0, 0.1) is 11.8 Å². The van der Waals surface area contributed by atoms with Crippen LogP contribution in [-0.2, 0) is 9.59 Å². The van der Waals surface area contributed by atoms with Crippen LogP contribution in [0.3, 0.4) is 0 Å². The average Bonchev–Trinajstić information content (AvgIpc) is 3.14. The molecular formula is C16H20ClN3O3. The standard InChI is InChI=1S/C16H20ClN3O3/c1-9-7-20(8-11(9)16(22)23)15(21)14-6-13(18-19-14)10-4-2-3-5-12(10)17/h2-5,9,11,13-14,18-19H,6-8H2,1H3,(H,22,23)/t9-,11-,13?,14?/m1/s1. The minimum absolute atomic E-state index is 0.0230. The number of hydrazine groups is 1. The highest BCUT2D eigenvalue weighted by Gasteiger charge is 2.41. The number of nitrogens with one attached hydrogen (secondary N) is 2. The molecule has 2 aliphatic heterocycles. The van der Waals surface area contributed by atoms with Gasteiger partial charge in [0, 0.05) is 24.2 Å². The molecule has 2 aliphatic rings. The van der Waals surface area contributed by atoms with Gasteiger partial charge >= 0.3 is 5.97 Å². The smallest absolute Gasteiger partial charge is 0.308 e. The lowest BCUT2D eigenvalue weighted by Crippen LogP contribution is -2.45. The summed E-state index contributed by atoms with van der Waals surface area (Å²) in [6, 6.07) is 7.15. The molecule has 1 aromatic carbocycles. The molecule has 6 nitrogen and oxygen atoms in total. The maximum atomic E-state index is 12.6. The minimum atomic E-state index is -0.834. The molecule has 4 atom stereocenters. The van der Waals surface area contributed by atoms with Crippen LogP contribution in [0.5, 0.6) is 0 Å². The number of benzene rings is 1. The summed E-state index contributed by atoms with van der Waals surface area (Å²) >= 11 is 6.20. The van der Waals surface area contributed by atoms with E-state index in [1.807, 2.05) is 31.2 Å². The van der Waals surface area contributed by atoms with Gasteiger partial charge < -0.3 is 10.0 Å². The number of likely N-dealkylation sites (tertiary alicyclic amines) is 1. The molecule has 2 fully saturated rings. The van der Waals surface area contributed by atoms with E-state index in [0.717, 1.165) is 5.56 Å². The second kappa shape index (κ2) is 6.47. The lowest BCUT2D eigenvalue weighted by atomic mass is 9.99. The molecule has 0 radical (unpaired) electrons. The maximum Gasteiger partial charge on any atom is 0.308 e. The summed E-state index contributed by atoms with van der Waals surface area (Å²) in [4.78, 5) is 25.5. The monoisotopic (exact) mass is 337 g/mol. The van der Waals surface area contributed by atoms with Crippen molar-refractivity contribution in [1.82, 2.24) is 15.8 Å². The first kappa shape index (κ1) is 16.2. The summed E-state index contributed by atoms with van der Waals surface area (Å²) in [5, 5.41) is 9.86. The van der Waals surface area contributed by atoms with Crippen molar-refractivity contribution in [2.75, 3.05) is 13.1 Å². The fourth-order valence-electron chi connectivity index (χ4n) is 3.37. The van der Waals surface area contributed by atoms with Gasteiger partial charge in [0.1, 0.15) is 6.04 Å². The Morgan fingerprint density at radius 1 is 1.26 bits per heavy atom. The van der Waals surface area contributed by atoms with E-state index >= 15 is 0 Å². The van der Waals surface area contributed by atoms with Gasteiger partial charge in [0.25, 0.3) is 0 Å². The first-order valence-electron chi connectivity index (χ1n) is 7.74. The van der Waals surface area contributed by atoms with Crippen LogP contribution in [0.2, 0.25) is 5.02 Å². The zero-order valence-electron chi connectivity index (χ0n) is 12.8. The van der Waals surface area contributed by atoms with Crippen molar-refractivity contribution in [3.63, 3.8) is 0 Å². The topological polar surface area (TPSA) is 81.7 Å². The Balaban J connectivity index is 1.64. The van der Waals surface area contributed by atoms with Crippen molar-refractivity contribution >= 4 is 23.5 Å². The van der Waals surface area contributed by atoms with Gasteiger partial charge in [-0.1, -0.05) is 36.7 Å². The average molecular weight is 338 g/mol. The SMILES string of the molecule is C[C@@H]1CN(C(=O)C2CC(c3ccccc3Cl)NN2)C[C@H]1C(=O)O. The van der Waals surface area contributed by atoms with E-state index in [9.17, 15) is 14.7 Å². The molecule has 1 amide bonds. The van der Waals surface area contributed by atoms with Gasteiger partial charge in [-0.15, -0.1) is 0 Å². The van der Waals surface area contributed by atoms with Crippen LogP contribution in [0.25, 0.3) is 0 Å². The molecule has 0 aliphatic carbocycles. The molecule has 3 rings (SSSR count). The second-order valence-corrected chi connectivity index (χ2v) is 6.72. The van der Waals surface area contributed by atoms with Crippen molar-refractivity contribution < 1.29 is 14.7 Å². The lowest BCUT2D eigenvalue weighted by Gasteiger charge is -2.20. The van der Waals surface area contributed by atoms with Crippen molar-refractivity contribution in [2.24, 2.45) is 11.8 Å². The van der Waals surface area contributed by atoms with Gasteiger partial charge in [0.05, 0.1) is 5.92 Å². The van der Waals surface area contributed by atoms with Gasteiger partial charge in [0.2, 0.25) is 5.91 Å². The Morgan fingerprint density at radius 3 is 2.65 bits per heavy atom.